The molecule has 1 fully saturated rings. The molecule has 1 aliphatic rings. The zero-order chi connectivity index (χ0) is 20.7. The Morgan fingerprint density at radius 3 is 2.57 bits per heavy atom. The lowest BCUT2D eigenvalue weighted by molar-refractivity contribution is -0.119. The minimum Gasteiger partial charge on any atom is -0.310 e. The molecule has 10 heteroatoms. The fourth-order valence-corrected chi connectivity index (χ4v) is 3.54. The van der Waals surface area contributed by atoms with Crippen LogP contribution in [0.4, 0.5) is 14.6 Å². The van der Waals surface area contributed by atoms with E-state index < -0.39 is 34.2 Å². The second-order valence-corrected chi connectivity index (χ2v) is 9.13. The molecule has 2 heterocycles. The predicted molar refractivity (Wildman–Crippen MR) is 100 cm³/mol. The monoisotopic (exact) mass is 410 g/mol. The van der Waals surface area contributed by atoms with Gasteiger partial charge in [0.2, 0.25) is 15.9 Å². The van der Waals surface area contributed by atoms with Crippen LogP contribution in [-0.4, -0.2) is 48.6 Å². The number of carbonyl (C=O) groups is 1. The fourth-order valence-electron chi connectivity index (χ4n) is 2.60. The molecule has 1 atom stereocenters. The molecule has 3 rings (SSSR count). The van der Waals surface area contributed by atoms with Crippen LogP contribution < -0.4 is 5.32 Å². The number of nitrogens with zero attached hydrogens (tertiary/aromatic N) is 3. The number of pyridine rings is 2. The average Bonchev–Trinajstić information content (AvgIpc) is 3.25. The van der Waals surface area contributed by atoms with Gasteiger partial charge < -0.3 is 5.32 Å². The molecule has 1 aliphatic carbocycles. The number of nitrogens with one attached hydrogen (secondary N) is 1. The van der Waals surface area contributed by atoms with Crippen LogP contribution in [0.1, 0.15) is 17.7 Å². The van der Waals surface area contributed by atoms with Crippen LogP contribution >= 0.6 is 0 Å². The Morgan fingerprint density at radius 2 is 1.96 bits per heavy atom. The second kappa shape index (κ2) is 7.17. The number of anilines is 1. The van der Waals surface area contributed by atoms with Crippen LogP contribution in [0.15, 0.2) is 30.6 Å². The van der Waals surface area contributed by atoms with Crippen molar-refractivity contribution in [3.8, 4) is 11.1 Å². The summed E-state index contributed by atoms with van der Waals surface area (Å²) in [5, 5.41) is 2.40. The van der Waals surface area contributed by atoms with E-state index >= 15 is 0 Å². The van der Waals surface area contributed by atoms with Crippen molar-refractivity contribution < 1.29 is 22.0 Å². The van der Waals surface area contributed by atoms with Gasteiger partial charge in [-0.3, -0.25) is 9.78 Å². The van der Waals surface area contributed by atoms with Crippen molar-refractivity contribution in [2.45, 2.75) is 25.0 Å². The first-order valence-electron chi connectivity index (χ1n) is 8.50. The molecule has 0 aromatic carbocycles. The molecule has 0 aliphatic heterocycles. The first-order chi connectivity index (χ1) is 13.0. The molecule has 1 amide bonds. The Labute approximate surface area is 161 Å². The van der Waals surface area contributed by atoms with Gasteiger partial charge in [-0.25, -0.2) is 26.5 Å². The number of sulfonamides is 1. The minimum atomic E-state index is -3.46. The highest BCUT2D eigenvalue weighted by molar-refractivity contribution is 7.88. The zero-order valence-electron chi connectivity index (χ0n) is 15.6. The van der Waals surface area contributed by atoms with Crippen LogP contribution in [0, 0.1) is 12.8 Å². The predicted octanol–water partition coefficient (Wildman–Crippen LogP) is 2.44. The molecule has 7 nitrogen and oxygen atoms in total. The van der Waals surface area contributed by atoms with E-state index in [2.05, 4.69) is 15.3 Å². The van der Waals surface area contributed by atoms with Crippen molar-refractivity contribution in [1.82, 2.24) is 14.3 Å². The third kappa shape index (κ3) is 4.33. The number of alkyl halides is 2. The van der Waals surface area contributed by atoms with E-state index in [4.69, 9.17) is 0 Å². The van der Waals surface area contributed by atoms with Crippen LogP contribution in [0.3, 0.4) is 0 Å². The summed E-state index contributed by atoms with van der Waals surface area (Å²) in [4.78, 5) is 20.1. The average molecular weight is 410 g/mol. The first-order valence-corrected chi connectivity index (χ1v) is 10.1. The number of rotatable bonds is 6. The number of aryl methyl sites for hydroxylation is 1. The van der Waals surface area contributed by atoms with E-state index in [9.17, 15) is 22.0 Å². The van der Waals surface area contributed by atoms with Gasteiger partial charge in [0, 0.05) is 44.2 Å². The quantitative estimate of drug-likeness (QED) is 0.790. The summed E-state index contributed by atoms with van der Waals surface area (Å²) in [6, 6.07) is 4.91. The molecule has 2 aromatic heterocycles. The molecule has 0 bridgehead atoms. The maximum absolute atomic E-state index is 13.0. The first kappa shape index (κ1) is 20.3. The highest BCUT2D eigenvalue weighted by Crippen LogP contribution is 2.49. The standard InChI is InChI=1S/C18H20F2N4O3S/c1-11-14(10-28(26,27)24(2)3)6-13(9-22-11)12-4-5-21-16(7-12)23-17(25)15-8-18(15,19)20/h4-7,9,15H,8,10H2,1-3H3,(H,21,23,25). The molecule has 0 spiro atoms. The Bertz CT molecular complexity index is 1030. The Hall–Kier alpha value is -2.46. The molecular formula is C18H20F2N4O3S. The van der Waals surface area contributed by atoms with Gasteiger partial charge in [-0.1, -0.05) is 0 Å². The molecule has 150 valence electrons. The third-order valence-corrected chi connectivity index (χ3v) is 6.36. The van der Waals surface area contributed by atoms with E-state index in [0.29, 0.717) is 22.4 Å². The van der Waals surface area contributed by atoms with Crippen molar-refractivity contribution >= 4 is 21.7 Å². The normalized spacial score (nSPS) is 18.1. The summed E-state index contributed by atoms with van der Waals surface area (Å²) in [6.45, 7) is 1.72. The van der Waals surface area contributed by atoms with Crippen molar-refractivity contribution in [2.24, 2.45) is 5.92 Å². The van der Waals surface area contributed by atoms with Crippen LogP contribution in [0.2, 0.25) is 0 Å². The van der Waals surface area contributed by atoms with Gasteiger partial charge in [0.05, 0.1) is 5.75 Å². The van der Waals surface area contributed by atoms with Gasteiger partial charge >= 0.3 is 0 Å². The SMILES string of the molecule is Cc1ncc(-c2ccnc(NC(=O)C3CC3(F)F)c2)cc1CS(=O)(=O)N(C)C. The van der Waals surface area contributed by atoms with Crippen molar-refractivity contribution in [3.05, 3.63) is 41.9 Å². The molecule has 1 saturated carbocycles. The molecule has 2 aromatic rings. The van der Waals surface area contributed by atoms with Crippen molar-refractivity contribution in [3.63, 3.8) is 0 Å². The second-order valence-electron chi connectivity index (χ2n) is 6.94. The van der Waals surface area contributed by atoms with Gasteiger partial charge in [0.1, 0.15) is 11.7 Å². The van der Waals surface area contributed by atoms with Crippen LogP contribution in [-0.2, 0) is 20.6 Å². The van der Waals surface area contributed by atoms with E-state index in [0.717, 1.165) is 4.31 Å². The lowest BCUT2D eigenvalue weighted by Crippen LogP contribution is -2.24. The molecular weight excluding hydrogens is 390 g/mol. The molecule has 1 N–H and O–H groups in total. The molecule has 28 heavy (non-hydrogen) atoms. The highest BCUT2D eigenvalue weighted by Gasteiger charge is 2.61. The van der Waals surface area contributed by atoms with E-state index in [-0.39, 0.29) is 11.6 Å². The number of carbonyl (C=O) groups excluding carboxylic acids is 1. The summed E-state index contributed by atoms with van der Waals surface area (Å²) in [7, 11) is -0.535. The van der Waals surface area contributed by atoms with Crippen LogP contribution in [0.25, 0.3) is 11.1 Å². The van der Waals surface area contributed by atoms with E-state index in [1.54, 1.807) is 25.3 Å². The smallest absolute Gasteiger partial charge is 0.260 e. The van der Waals surface area contributed by atoms with Gasteiger partial charge in [-0.05, 0) is 36.2 Å². The summed E-state index contributed by atoms with van der Waals surface area (Å²) in [5.74, 6) is -5.09. The minimum absolute atomic E-state index is 0.147. The lowest BCUT2D eigenvalue weighted by Gasteiger charge is -2.13. The number of halogens is 2. The van der Waals surface area contributed by atoms with Crippen molar-refractivity contribution in [1.29, 1.82) is 0 Å². The molecule has 1 unspecified atom stereocenters. The third-order valence-electron chi connectivity index (χ3n) is 4.57. The maximum Gasteiger partial charge on any atom is 0.260 e. The van der Waals surface area contributed by atoms with Gasteiger partial charge in [0.25, 0.3) is 5.92 Å². The zero-order valence-corrected chi connectivity index (χ0v) is 16.4. The summed E-state index contributed by atoms with van der Waals surface area (Å²) < 4.78 is 51.6. The Kier molecular flexibility index (Phi) is 5.20. The fraction of sp³-hybridized carbons (Fsp3) is 0.389. The summed E-state index contributed by atoms with van der Waals surface area (Å²) in [5.41, 5.74) is 2.40. The summed E-state index contributed by atoms with van der Waals surface area (Å²) >= 11 is 0. The van der Waals surface area contributed by atoms with Crippen LogP contribution in [0.5, 0.6) is 0 Å². The number of hydrogen-bond acceptors (Lipinski definition) is 5. The van der Waals surface area contributed by atoms with E-state index in [1.807, 2.05) is 0 Å². The lowest BCUT2D eigenvalue weighted by atomic mass is 10.1. The molecule has 0 radical (unpaired) electrons. The topological polar surface area (TPSA) is 92.3 Å². The van der Waals surface area contributed by atoms with Crippen molar-refractivity contribution in [2.75, 3.05) is 19.4 Å². The number of aromatic nitrogens is 2. The number of amides is 1. The highest BCUT2D eigenvalue weighted by atomic mass is 32.2. The van der Waals surface area contributed by atoms with E-state index in [1.165, 1.54) is 26.4 Å². The summed E-state index contributed by atoms with van der Waals surface area (Å²) in [6.07, 6.45) is 2.56. The largest absolute Gasteiger partial charge is 0.310 e. The Balaban J connectivity index is 1.84. The van der Waals surface area contributed by atoms with Gasteiger partial charge in [0.15, 0.2) is 0 Å². The maximum atomic E-state index is 13.0. The number of hydrogen-bond donors (Lipinski definition) is 1. The Morgan fingerprint density at radius 1 is 1.29 bits per heavy atom. The van der Waals surface area contributed by atoms with Gasteiger partial charge in [-0.15, -0.1) is 0 Å². The molecule has 0 saturated heterocycles. The van der Waals surface area contributed by atoms with Gasteiger partial charge in [-0.2, -0.15) is 0 Å².